The quantitative estimate of drug-likeness (QED) is 0.382. The van der Waals surface area contributed by atoms with Crippen LogP contribution in [0.4, 0.5) is 4.79 Å². The number of nitrogens with one attached hydrogen (secondary N) is 1. The van der Waals surface area contributed by atoms with Crippen LogP contribution >= 0.6 is 35.3 Å². The van der Waals surface area contributed by atoms with Crippen molar-refractivity contribution in [3.05, 3.63) is 22.4 Å². The second-order valence-electron chi connectivity index (χ2n) is 4.85. The van der Waals surface area contributed by atoms with E-state index in [9.17, 15) is 10.0 Å². The lowest BCUT2D eigenvalue weighted by Crippen LogP contribution is -2.55. The number of hydrazone groups is 1. The Hall–Kier alpha value is -1.16. The van der Waals surface area contributed by atoms with Crippen LogP contribution in [0.15, 0.2) is 22.6 Å². The maximum Gasteiger partial charge on any atom is 0.343 e. The second kappa shape index (κ2) is 6.30. The first kappa shape index (κ1) is 16.2. The molecule has 1 aliphatic rings. The van der Waals surface area contributed by atoms with E-state index in [4.69, 9.17) is 12.2 Å². The van der Waals surface area contributed by atoms with E-state index in [1.54, 1.807) is 17.6 Å². The number of urea groups is 1. The zero-order valence-electron chi connectivity index (χ0n) is 11.8. The van der Waals surface area contributed by atoms with E-state index in [-0.39, 0.29) is 0 Å². The minimum absolute atomic E-state index is 0.481. The normalized spacial score (nSPS) is 21.0. The summed E-state index contributed by atoms with van der Waals surface area (Å²) < 4.78 is 0.0336. The third-order valence-electron chi connectivity index (χ3n) is 2.90. The van der Waals surface area contributed by atoms with Crippen LogP contribution in [0.3, 0.4) is 0 Å². The summed E-state index contributed by atoms with van der Waals surface area (Å²) in [5, 5.41) is 20.9. The fraction of sp³-hybridized carbons (Fsp3) is 0.417. The molecular weight excluding hydrogens is 328 g/mol. The van der Waals surface area contributed by atoms with Crippen LogP contribution in [-0.4, -0.2) is 49.8 Å². The van der Waals surface area contributed by atoms with Gasteiger partial charge >= 0.3 is 6.03 Å². The number of nitrogens with zero attached hydrogens (tertiary/aromatic N) is 3. The molecule has 0 aliphatic carbocycles. The summed E-state index contributed by atoms with van der Waals surface area (Å²) in [5.41, 5.74) is 0. The first-order valence-corrected chi connectivity index (χ1v) is 8.27. The lowest BCUT2D eigenvalue weighted by atomic mass is 10.1. The fourth-order valence-corrected chi connectivity index (χ4v) is 4.30. The average Bonchev–Trinajstić information content (AvgIpc) is 3.00. The molecule has 1 aliphatic heterocycles. The first-order valence-electron chi connectivity index (χ1n) is 6.16. The van der Waals surface area contributed by atoms with Gasteiger partial charge in [-0.25, -0.2) is 9.80 Å². The third kappa shape index (κ3) is 3.37. The molecule has 2 amide bonds. The van der Waals surface area contributed by atoms with Crippen molar-refractivity contribution in [1.82, 2.24) is 15.4 Å². The van der Waals surface area contributed by atoms with Crippen molar-refractivity contribution in [3.63, 3.8) is 0 Å². The van der Waals surface area contributed by atoms with E-state index in [1.165, 1.54) is 23.8 Å². The molecule has 0 spiro atoms. The van der Waals surface area contributed by atoms with Gasteiger partial charge < -0.3 is 5.32 Å². The van der Waals surface area contributed by atoms with Crippen molar-refractivity contribution in [1.29, 1.82) is 0 Å². The maximum atomic E-state index is 11.7. The molecule has 0 saturated carbocycles. The zero-order chi connectivity index (χ0) is 15.6. The Kier molecular flexibility index (Phi) is 4.87. The molecule has 1 aromatic heterocycles. The molecule has 0 unspecified atom stereocenters. The van der Waals surface area contributed by atoms with Crippen molar-refractivity contribution >= 4 is 51.9 Å². The van der Waals surface area contributed by atoms with Crippen molar-refractivity contribution in [2.45, 2.75) is 24.8 Å². The first-order chi connectivity index (χ1) is 9.86. The Bertz CT molecular complexity index is 559. The van der Waals surface area contributed by atoms with Crippen molar-refractivity contribution in [3.8, 4) is 0 Å². The highest BCUT2D eigenvalue weighted by molar-refractivity contribution is 8.24. The minimum Gasteiger partial charge on any atom is -0.339 e. The minimum atomic E-state index is -0.675. The topological polar surface area (TPSA) is 68.2 Å². The standard InChI is InChI=1S/C12H16N4O2S3/c1-12(2)9(16(18)10(17)13-3)15(11(19)21-12)14-7-8-5-4-6-20-8/h4-7,9,18H,1-3H3,(H,13,17)/b14-7-/t9-/m1/s1. The number of thiocarbonyl (C=S) groups is 1. The van der Waals surface area contributed by atoms with Crippen LogP contribution in [0.1, 0.15) is 18.7 Å². The SMILES string of the molecule is CNC(=O)N(O)[C@H]1N(/N=C\c2cccs2)C(=S)SC1(C)C. The molecule has 1 aromatic rings. The van der Waals surface area contributed by atoms with Crippen molar-refractivity contribution in [2.24, 2.45) is 5.10 Å². The molecule has 9 heteroatoms. The summed E-state index contributed by atoms with van der Waals surface area (Å²) in [4.78, 5) is 12.7. The van der Waals surface area contributed by atoms with Gasteiger partial charge in [-0.15, -0.1) is 11.3 Å². The van der Waals surface area contributed by atoms with E-state index in [2.05, 4.69) is 10.4 Å². The number of carbonyl (C=O) groups is 1. The highest BCUT2D eigenvalue weighted by atomic mass is 32.2. The van der Waals surface area contributed by atoms with E-state index in [0.29, 0.717) is 9.38 Å². The molecule has 2 heterocycles. The number of thioether (sulfide) groups is 1. The number of rotatable bonds is 3. The van der Waals surface area contributed by atoms with Gasteiger partial charge in [0.15, 0.2) is 10.5 Å². The summed E-state index contributed by atoms with van der Waals surface area (Å²) in [5.74, 6) is 0. The molecule has 1 atom stereocenters. The molecule has 114 valence electrons. The predicted octanol–water partition coefficient (Wildman–Crippen LogP) is 2.55. The lowest BCUT2D eigenvalue weighted by Gasteiger charge is -2.33. The van der Waals surface area contributed by atoms with Crippen LogP contribution in [0.25, 0.3) is 0 Å². The lowest BCUT2D eigenvalue weighted by molar-refractivity contribution is -0.117. The van der Waals surface area contributed by atoms with Gasteiger partial charge in [0.25, 0.3) is 0 Å². The van der Waals surface area contributed by atoms with Crippen LogP contribution in [0.2, 0.25) is 0 Å². The van der Waals surface area contributed by atoms with E-state index in [0.717, 1.165) is 4.88 Å². The van der Waals surface area contributed by atoms with E-state index in [1.807, 2.05) is 31.4 Å². The second-order valence-corrected chi connectivity index (χ2v) is 8.12. The number of hydrogen-bond acceptors (Lipinski definition) is 6. The van der Waals surface area contributed by atoms with Gasteiger partial charge in [-0.1, -0.05) is 30.0 Å². The zero-order valence-corrected chi connectivity index (χ0v) is 14.3. The number of hydrogen-bond donors (Lipinski definition) is 2. The number of amides is 2. The Labute approximate surface area is 136 Å². The highest BCUT2D eigenvalue weighted by Crippen LogP contribution is 2.42. The summed E-state index contributed by atoms with van der Waals surface area (Å²) in [6.07, 6.45) is 0.995. The molecule has 0 radical (unpaired) electrons. The van der Waals surface area contributed by atoms with Gasteiger partial charge in [0.05, 0.1) is 11.0 Å². The largest absolute Gasteiger partial charge is 0.343 e. The fourth-order valence-electron chi connectivity index (χ4n) is 1.94. The molecule has 0 bridgehead atoms. The molecule has 2 rings (SSSR count). The van der Waals surface area contributed by atoms with Gasteiger partial charge in [0, 0.05) is 11.9 Å². The van der Waals surface area contributed by atoms with Crippen LogP contribution in [0.5, 0.6) is 0 Å². The molecule has 21 heavy (non-hydrogen) atoms. The molecular formula is C12H16N4O2S3. The Morgan fingerprint density at radius 1 is 1.67 bits per heavy atom. The van der Waals surface area contributed by atoms with E-state index < -0.39 is 16.9 Å². The van der Waals surface area contributed by atoms with Crippen molar-refractivity contribution in [2.75, 3.05) is 7.05 Å². The van der Waals surface area contributed by atoms with Crippen LogP contribution in [-0.2, 0) is 0 Å². The monoisotopic (exact) mass is 344 g/mol. The predicted molar refractivity (Wildman–Crippen MR) is 89.9 cm³/mol. The molecule has 2 N–H and O–H groups in total. The maximum absolute atomic E-state index is 11.7. The van der Waals surface area contributed by atoms with Gasteiger partial charge in [-0.2, -0.15) is 10.2 Å². The van der Waals surface area contributed by atoms with Gasteiger partial charge in [-0.05, 0) is 25.3 Å². The van der Waals surface area contributed by atoms with Gasteiger partial charge in [0.2, 0.25) is 0 Å². The number of carbonyl (C=O) groups excluding carboxylic acids is 1. The average molecular weight is 344 g/mol. The molecule has 0 aromatic carbocycles. The molecule has 1 saturated heterocycles. The van der Waals surface area contributed by atoms with Gasteiger partial charge in [-0.3, -0.25) is 5.21 Å². The van der Waals surface area contributed by atoms with E-state index >= 15 is 0 Å². The Balaban J connectivity index is 2.28. The number of thiophene rings is 1. The number of hydroxylamine groups is 2. The third-order valence-corrected chi connectivity index (χ3v) is 5.24. The Morgan fingerprint density at radius 3 is 2.95 bits per heavy atom. The summed E-state index contributed by atoms with van der Waals surface area (Å²) in [6, 6.07) is 3.25. The molecule has 6 nitrogen and oxygen atoms in total. The Morgan fingerprint density at radius 2 is 2.38 bits per heavy atom. The highest BCUT2D eigenvalue weighted by Gasteiger charge is 2.49. The van der Waals surface area contributed by atoms with Crippen LogP contribution in [0, 0.1) is 0 Å². The summed E-state index contributed by atoms with van der Waals surface area (Å²) >= 11 is 8.26. The molecule has 1 fully saturated rings. The smallest absolute Gasteiger partial charge is 0.339 e. The van der Waals surface area contributed by atoms with Crippen molar-refractivity contribution < 1.29 is 10.0 Å². The van der Waals surface area contributed by atoms with Crippen LogP contribution < -0.4 is 5.32 Å². The summed E-state index contributed by atoms with van der Waals surface area (Å²) in [6.45, 7) is 3.81. The summed E-state index contributed by atoms with van der Waals surface area (Å²) in [7, 11) is 1.46. The van der Waals surface area contributed by atoms with Gasteiger partial charge in [0.1, 0.15) is 0 Å².